The summed E-state index contributed by atoms with van der Waals surface area (Å²) in [5, 5.41) is 6.74. The molecule has 1 aliphatic heterocycles. The molecule has 2 amide bonds. The predicted molar refractivity (Wildman–Crippen MR) is 99.7 cm³/mol. The largest absolute Gasteiger partial charge is 0.338 e. The van der Waals surface area contributed by atoms with Crippen LogP contribution in [-0.4, -0.2) is 29.2 Å². The molecule has 2 heterocycles. The zero-order chi connectivity index (χ0) is 18.8. The third-order valence-corrected chi connectivity index (χ3v) is 5.05. The van der Waals surface area contributed by atoms with Crippen molar-refractivity contribution in [1.82, 2.24) is 10.1 Å². The molecule has 0 saturated carbocycles. The van der Waals surface area contributed by atoms with Crippen molar-refractivity contribution < 1.29 is 13.7 Å². The Balaban J connectivity index is 1.66. The number of urea groups is 1. The molecule has 1 saturated heterocycles. The summed E-state index contributed by atoms with van der Waals surface area (Å²) < 4.78 is 18.4. The summed E-state index contributed by atoms with van der Waals surface area (Å²) in [5.74, 6) is 0.157. The van der Waals surface area contributed by atoms with E-state index in [0.29, 0.717) is 19.0 Å². The van der Waals surface area contributed by atoms with Crippen molar-refractivity contribution in [2.75, 3.05) is 18.4 Å². The molecule has 5 nitrogen and oxygen atoms in total. The number of halogens is 2. The smallest absolute Gasteiger partial charge is 0.324 e. The first-order valence-electron chi connectivity index (χ1n) is 8.49. The van der Waals surface area contributed by atoms with Crippen molar-refractivity contribution >= 4 is 29.6 Å². The van der Waals surface area contributed by atoms with E-state index in [2.05, 4.69) is 17.4 Å². The minimum atomic E-state index is -0.425. The maximum absolute atomic E-state index is 13.3. The summed E-state index contributed by atoms with van der Waals surface area (Å²) in [6, 6.07) is 4.49. The highest BCUT2D eigenvalue weighted by Crippen LogP contribution is 2.27. The number of hydrogen-bond donors (Lipinski definition) is 1. The van der Waals surface area contributed by atoms with Gasteiger partial charge in [-0.2, -0.15) is 0 Å². The first kappa shape index (κ1) is 18.5. The molecule has 1 aliphatic rings. The molecular formula is C19H21ClFN3O2. The molecule has 2 aromatic rings. The highest BCUT2D eigenvalue weighted by molar-refractivity contribution is 6.30. The molecule has 138 valence electrons. The Bertz CT molecular complexity index is 862. The highest BCUT2D eigenvalue weighted by Gasteiger charge is 2.25. The van der Waals surface area contributed by atoms with Gasteiger partial charge in [-0.25, -0.2) is 9.18 Å². The summed E-state index contributed by atoms with van der Waals surface area (Å²) in [6.07, 6.45) is 2.77. The van der Waals surface area contributed by atoms with Gasteiger partial charge in [-0.05, 0) is 43.9 Å². The monoisotopic (exact) mass is 377 g/mol. The van der Waals surface area contributed by atoms with Crippen LogP contribution in [0.25, 0.3) is 6.08 Å². The fraction of sp³-hybridized carbons (Fsp3) is 0.368. The Morgan fingerprint density at radius 1 is 1.46 bits per heavy atom. The van der Waals surface area contributed by atoms with Crippen molar-refractivity contribution in [1.29, 1.82) is 0 Å². The molecule has 1 atom stereocenters. The van der Waals surface area contributed by atoms with E-state index in [9.17, 15) is 9.18 Å². The maximum Gasteiger partial charge on any atom is 0.324 e. The fourth-order valence-corrected chi connectivity index (χ4v) is 3.16. The van der Waals surface area contributed by atoms with Crippen LogP contribution in [0.5, 0.6) is 0 Å². The van der Waals surface area contributed by atoms with E-state index < -0.39 is 5.82 Å². The van der Waals surface area contributed by atoms with Crippen molar-refractivity contribution in [2.24, 2.45) is 5.92 Å². The van der Waals surface area contributed by atoms with Crippen LogP contribution in [-0.2, 0) is 0 Å². The number of carbonyl (C=O) groups excluding carboxylic acids is 1. The molecule has 26 heavy (non-hydrogen) atoms. The van der Waals surface area contributed by atoms with Crippen LogP contribution in [0.15, 0.2) is 28.3 Å². The topological polar surface area (TPSA) is 58.4 Å². The average molecular weight is 378 g/mol. The van der Waals surface area contributed by atoms with E-state index in [1.165, 1.54) is 11.6 Å². The lowest BCUT2D eigenvalue weighted by Gasteiger charge is -2.33. The van der Waals surface area contributed by atoms with Gasteiger partial charge in [-0.15, -0.1) is 0 Å². The first-order valence-corrected chi connectivity index (χ1v) is 8.87. The normalized spacial score (nSPS) is 19.0. The van der Waals surface area contributed by atoms with Gasteiger partial charge in [0, 0.05) is 18.7 Å². The lowest BCUT2D eigenvalue weighted by molar-refractivity contribution is 0.197. The number of rotatable bonds is 2. The summed E-state index contributed by atoms with van der Waals surface area (Å²) >= 11 is 5.84. The number of amides is 2. The van der Waals surface area contributed by atoms with Crippen LogP contribution >= 0.6 is 11.6 Å². The Morgan fingerprint density at radius 3 is 2.85 bits per heavy atom. The SMILES string of the molecule is Cc1noc(NC(=O)N2CCC(=Cc3ccc(F)c(Cl)c3)C(C)C2)c1C. The molecule has 1 fully saturated rings. The van der Waals surface area contributed by atoms with Crippen LogP contribution < -0.4 is 5.32 Å². The zero-order valence-electron chi connectivity index (χ0n) is 15.0. The number of nitrogens with zero attached hydrogens (tertiary/aromatic N) is 2. The second-order valence-corrected chi connectivity index (χ2v) is 7.05. The summed E-state index contributed by atoms with van der Waals surface area (Å²) in [6.45, 7) is 6.95. The number of anilines is 1. The maximum atomic E-state index is 13.3. The number of piperidine rings is 1. The minimum Gasteiger partial charge on any atom is -0.338 e. The molecule has 0 bridgehead atoms. The van der Waals surface area contributed by atoms with Gasteiger partial charge in [0.25, 0.3) is 0 Å². The van der Waals surface area contributed by atoms with E-state index in [0.717, 1.165) is 23.2 Å². The number of aryl methyl sites for hydroxylation is 1. The van der Waals surface area contributed by atoms with Crippen LogP contribution in [0.2, 0.25) is 5.02 Å². The molecule has 1 aromatic heterocycles. The minimum absolute atomic E-state index is 0.113. The van der Waals surface area contributed by atoms with Crippen LogP contribution in [0.3, 0.4) is 0 Å². The van der Waals surface area contributed by atoms with Gasteiger partial charge < -0.3 is 9.42 Å². The first-order chi connectivity index (χ1) is 12.3. The van der Waals surface area contributed by atoms with E-state index in [-0.39, 0.29) is 17.0 Å². The van der Waals surface area contributed by atoms with Gasteiger partial charge in [-0.1, -0.05) is 41.4 Å². The quantitative estimate of drug-likeness (QED) is 0.797. The van der Waals surface area contributed by atoms with Gasteiger partial charge in [0.2, 0.25) is 5.88 Å². The van der Waals surface area contributed by atoms with Crippen molar-refractivity contribution in [2.45, 2.75) is 27.2 Å². The molecule has 3 rings (SSSR count). The summed E-state index contributed by atoms with van der Waals surface area (Å²) in [7, 11) is 0. The van der Waals surface area contributed by atoms with Crippen LogP contribution in [0.4, 0.5) is 15.1 Å². The number of carbonyl (C=O) groups is 1. The van der Waals surface area contributed by atoms with Gasteiger partial charge >= 0.3 is 6.03 Å². The molecule has 0 spiro atoms. The van der Waals surface area contributed by atoms with Gasteiger partial charge in [0.05, 0.1) is 10.7 Å². The van der Waals surface area contributed by atoms with E-state index in [4.69, 9.17) is 16.1 Å². The third kappa shape index (κ3) is 3.90. The molecule has 1 N–H and O–H groups in total. The van der Waals surface area contributed by atoms with E-state index in [1.54, 1.807) is 17.0 Å². The number of aromatic nitrogens is 1. The molecule has 1 aromatic carbocycles. The molecule has 7 heteroatoms. The van der Waals surface area contributed by atoms with Gasteiger partial charge in [-0.3, -0.25) is 5.32 Å². The second kappa shape index (κ2) is 7.50. The molecule has 0 radical (unpaired) electrons. The van der Waals surface area contributed by atoms with E-state index >= 15 is 0 Å². The second-order valence-electron chi connectivity index (χ2n) is 6.64. The summed E-state index contributed by atoms with van der Waals surface area (Å²) in [5.41, 5.74) is 3.67. The standard InChI is InChI=1S/C19H21ClFN3O2/c1-11-10-24(19(25)22-18-12(2)13(3)23-26-18)7-6-15(11)8-14-4-5-17(21)16(20)9-14/h4-5,8-9,11H,6-7,10H2,1-3H3,(H,22,25). The Hall–Kier alpha value is -2.34. The lowest BCUT2D eigenvalue weighted by atomic mass is 9.91. The number of likely N-dealkylation sites (tertiary alicyclic amines) is 1. The average Bonchev–Trinajstić information content (AvgIpc) is 2.92. The third-order valence-electron chi connectivity index (χ3n) is 4.76. The number of hydrogen-bond acceptors (Lipinski definition) is 3. The van der Waals surface area contributed by atoms with Crippen molar-refractivity contribution in [3.05, 3.63) is 51.4 Å². The van der Waals surface area contributed by atoms with Crippen LogP contribution in [0, 0.1) is 25.6 Å². The van der Waals surface area contributed by atoms with Gasteiger partial charge in [0.1, 0.15) is 5.82 Å². The Labute approximate surface area is 156 Å². The van der Waals surface area contributed by atoms with Crippen LogP contribution in [0.1, 0.15) is 30.2 Å². The Morgan fingerprint density at radius 2 is 2.23 bits per heavy atom. The van der Waals surface area contributed by atoms with Crippen molar-refractivity contribution in [3.63, 3.8) is 0 Å². The number of benzene rings is 1. The molecule has 0 aliphatic carbocycles. The van der Waals surface area contributed by atoms with Crippen molar-refractivity contribution in [3.8, 4) is 0 Å². The molecule has 1 unspecified atom stereocenters. The van der Waals surface area contributed by atoms with Gasteiger partial charge in [0.15, 0.2) is 0 Å². The predicted octanol–water partition coefficient (Wildman–Crippen LogP) is 5.04. The molecular weight excluding hydrogens is 357 g/mol. The van der Waals surface area contributed by atoms with E-state index in [1.807, 2.05) is 19.9 Å². The summed E-state index contributed by atoms with van der Waals surface area (Å²) in [4.78, 5) is 14.2. The zero-order valence-corrected chi connectivity index (χ0v) is 15.7. The number of nitrogens with one attached hydrogen (secondary N) is 1. The lowest BCUT2D eigenvalue weighted by Crippen LogP contribution is -2.42. The fourth-order valence-electron chi connectivity index (χ4n) is 2.97. The highest BCUT2D eigenvalue weighted by atomic mass is 35.5. The Kier molecular flexibility index (Phi) is 5.32.